The molecule has 0 unspecified atom stereocenters. The number of rotatable bonds is 6. The summed E-state index contributed by atoms with van der Waals surface area (Å²) < 4.78 is 16.6. The lowest BCUT2D eigenvalue weighted by Gasteiger charge is -2.16. The SMILES string of the molecule is CCOc1c(OC)cc(/C=C2\CCc3nc(-c4ccccc4)sc3C2=O)cc1OC. The highest BCUT2D eigenvalue weighted by atomic mass is 32.1. The van der Waals surface area contributed by atoms with Gasteiger partial charge in [-0.3, -0.25) is 4.79 Å². The molecule has 1 aromatic heterocycles. The van der Waals surface area contributed by atoms with E-state index in [0.717, 1.165) is 38.7 Å². The van der Waals surface area contributed by atoms with Crippen LogP contribution in [0.2, 0.25) is 0 Å². The summed E-state index contributed by atoms with van der Waals surface area (Å²) in [5.41, 5.74) is 3.53. The maximum atomic E-state index is 13.2. The van der Waals surface area contributed by atoms with Crippen LogP contribution in [0.4, 0.5) is 0 Å². The Hall–Kier alpha value is -3.12. The zero-order valence-electron chi connectivity index (χ0n) is 17.2. The molecule has 0 N–H and O–H groups in total. The third-order valence-corrected chi connectivity index (χ3v) is 6.11. The van der Waals surface area contributed by atoms with E-state index < -0.39 is 0 Å². The van der Waals surface area contributed by atoms with Crippen molar-refractivity contribution in [2.75, 3.05) is 20.8 Å². The number of aryl methyl sites for hydroxylation is 1. The minimum Gasteiger partial charge on any atom is -0.493 e. The Bertz CT molecular complexity index is 1080. The van der Waals surface area contributed by atoms with Crippen LogP contribution in [0, 0.1) is 0 Å². The number of Topliss-reactive ketones (excluding diaryl/α,β-unsaturated/α-hetero) is 1. The van der Waals surface area contributed by atoms with Crippen molar-refractivity contribution in [1.82, 2.24) is 4.98 Å². The number of carbonyl (C=O) groups excluding carboxylic acids is 1. The number of aromatic nitrogens is 1. The Morgan fingerprint density at radius 1 is 1.07 bits per heavy atom. The van der Waals surface area contributed by atoms with E-state index in [9.17, 15) is 4.79 Å². The van der Waals surface area contributed by atoms with Crippen LogP contribution in [0.25, 0.3) is 16.6 Å². The van der Waals surface area contributed by atoms with E-state index in [1.165, 1.54) is 11.3 Å². The van der Waals surface area contributed by atoms with Gasteiger partial charge in [0.2, 0.25) is 11.5 Å². The van der Waals surface area contributed by atoms with Gasteiger partial charge in [-0.2, -0.15) is 0 Å². The summed E-state index contributed by atoms with van der Waals surface area (Å²) in [7, 11) is 3.18. The summed E-state index contributed by atoms with van der Waals surface area (Å²) in [6.45, 7) is 2.41. The molecule has 0 saturated carbocycles. The number of carbonyl (C=O) groups is 1. The van der Waals surface area contributed by atoms with Crippen molar-refractivity contribution in [2.45, 2.75) is 19.8 Å². The normalized spacial score (nSPS) is 14.5. The van der Waals surface area contributed by atoms with Crippen LogP contribution >= 0.6 is 11.3 Å². The number of fused-ring (bicyclic) bond motifs is 1. The average Bonchev–Trinajstić information content (AvgIpc) is 3.22. The molecule has 0 radical (unpaired) electrons. The number of nitrogens with zero attached hydrogens (tertiary/aromatic N) is 1. The topological polar surface area (TPSA) is 57.7 Å². The molecular weight excluding hydrogens is 398 g/mol. The number of benzene rings is 2. The molecule has 5 nitrogen and oxygen atoms in total. The molecule has 6 heteroatoms. The van der Waals surface area contributed by atoms with Crippen LogP contribution in [-0.4, -0.2) is 31.6 Å². The van der Waals surface area contributed by atoms with E-state index in [-0.39, 0.29) is 5.78 Å². The summed E-state index contributed by atoms with van der Waals surface area (Å²) in [5.74, 6) is 1.77. The highest BCUT2D eigenvalue weighted by Crippen LogP contribution is 2.40. The molecule has 0 amide bonds. The summed E-state index contributed by atoms with van der Waals surface area (Å²) in [5, 5.41) is 0.889. The van der Waals surface area contributed by atoms with Crippen molar-refractivity contribution in [3.63, 3.8) is 0 Å². The van der Waals surface area contributed by atoms with Crippen molar-refractivity contribution in [3.05, 3.63) is 64.2 Å². The number of allylic oxidation sites excluding steroid dienone is 1. The molecular formula is C24H23NO4S. The van der Waals surface area contributed by atoms with E-state index >= 15 is 0 Å². The molecule has 0 saturated heterocycles. The first-order valence-corrected chi connectivity index (χ1v) is 10.7. The first kappa shape index (κ1) is 20.2. The molecule has 0 aliphatic heterocycles. The fraction of sp³-hybridized carbons (Fsp3) is 0.250. The molecule has 0 bridgehead atoms. The van der Waals surface area contributed by atoms with Crippen LogP contribution in [0.15, 0.2) is 48.0 Å². The first-order valence-electron chi connectivity index (χ1n) is 9.83. The quantitative estimate of drug-likeness (QED) is 0.496. The fourth-order valence-electron chi connectivity index (χ4n) is 3.52. The van der Waals surface area contributed by atoms with Crippen LogP contribution in [-0.2, 0) is 6.42 Å². The van der Waals surface area contributed by atoms with Crippen LogP contribution in [0.3, 0.4) is 0 Å². The molecule has 1 aliphatic carbocycles. The number of hydrogen-bond acceptors (Lipinski definition) is 6. The van der Waals surface area contributed by atoms with Crippen molar-refractivity contribution in [2.24, 2.45) is 0 Å². The number of ketones is 1. The highest BCUT2D eigenvalue weighted by molar-refractivity contribution is 7.17. The van der Waals surface area contributed by atoms with E-state index in [1.807, 2.05) is 55.5 Å². The average molecular weight is 422 g/mol. The van der Waals surface area contributed by atoms with Crippen molar-refractivity contribution in [3.8, 4) is 27.8 Å². The predicted octanol–water partition coefficient (Wildman–Crippen LogP) is 5.44. The highest BCUT2D eigenvalue weighted by Gasteiger charge is 2.27. The van der Waals surface area contributed by atoms with E-state index in [2.05, 4.69) is 0 Å². The van der Waals surface area contributed by atoms with Gasteiger partial charge in [-0.25, -0.2) is 4.98 Å². The third kappa shape index (κ3) is 3.83. The van der Waals surface area contributed by atoms with Gasteiger partial charge in [0.05, 0.1) is 31.4 Å². The lowest BCUT2D eigenvalue weighted by Crippen LogP contribution is -2.12. The smallest absolute Gasteiger partial charge is 0.203 e. The summed E-state index contributed by atoms with van der Waals surface area (Å²) in [6, 6.07) is 13.7. The number of thiazole rings is 1. The Balaban J connectivity index is 1.68. The van der Waals surface area contributed by atoms with E-state index in [4.69, 9.17) is 19.2 Å². The molecule has 0 spiro atoms. The van der Waals surface area contributed by atoms with E-state index in [1.54, 1.807) is 14.2 Å². The fourth-order valence-corrected chi connectivity index (χ4v) is 4.62. The second kappa shape index (κ2) is 8.71. The second-order valence-corrected chi connectivity index (χ2v) is 7.85. The van der Waals surface area contributed by atoms with Gasteiger partial charge in [-0.15, -0.1) is 11.3 Å². The largest absolute Gasteiger partial charge is 0.493 e. The summed E-state index contributed by atoms with van der Waals surface area (Å²) in [6.07, 6.45) is 3.32. The predicted molar refractivity (Wildman–Crippen MR) is 119 cm³/mol. The molecule has 154 valence electrons. The second-order valence-electron chi connectivity index (χ2n) is 6.85. The maximum Gasteiger partial charge on any atom is 0.203 e. The zero-order valence-corrected chi connectivity index (χ0v) is 18.0. The summed E-state index contributed by atoms with van der Waals surface area (Å²) >= 11 is 1.46. The van der Waals surface area contributed by atoms with Gasteiger partial charge in [0.1, 0.15) is 5.01 Å². The monoisotopic (exact) mass is 421 g/mol. The van der Waals surface area contributed by atoms with Gasteiger partial charge in [-0.1, -0.05) is 30.3 Å². The number of hydrogen-bond donors (Lipinski definition) is 0. The van der Waals surface area contributed by atoms with Gasteiger partial charge in [0, 0.05) is 11.1 Å². The number of ether oxygens (including phenoxy) is 3. The maximum absolute atomic E-state index is 13.2. The molecule has 1 aliphatic rings. The minimum absolute atomic E-state index is 0.0442. The Labute approximate surface area is 179 Å². The zero-order chi connectivity index (χ0) is 21.1. The van der Waals surface area contributed by atoms with Crippen molar-refractivity contribution >= 4 is 23.2 Å². The van der Waals surface area contributed by atoms with Gasteiger partial charge in [-0.05, 0) is 43.5 Å². The molecule has 30 heavy (non-hydrogen) atoms. The molecule has 4 rings (SSSR count). The van der Waals surface area contributed by atoms with Crippen LogP contribution in [0.1, 0.15) is 34.3 Å². The standard InChI is InChI=1S/C24H23NO4S/c1-4-29-22-19(27-2)13-15(14-20(22)28-3)12-17-10-11-18-23(21(17)26)30-24(25-18)16-8-6-5-7-9-16/h5-9,12-14H,4,10-11H2,1-3H3/b17-12+. The lowest BCUT2D eigenvalue weighted by molar-refractivity contribution is 0.103. The van der Waals surface area contributed by atoms with E-state index in [0.29, 0.717) is 30.3 Å². The molecule has 2 aromatic carbocycles. The van der Waals surface area contributed by atoms with Crippen molar-refractivity contribution < 1.29 is 19.0 Å². The first-order chi connectivity index (χ1) is 14.6. The van der Waals surface area contributed by atoms with Gasteiger partial charge in [0.15, 0.2) is 11.5 Å². The van der Waals surface area contributed by atoms with Crippen LogP contribution in [0.5, 0.6) is 17.2 Å². The number of methoxy groups -OCH3 is 2. The van der Waals surface area contributed by atoms with Crippen LogP contribution < -0.4 is 14.2 Å². The molecule has 0 atom stereocenters. The van der Waals surface area contributed by atoms with Gasteiger partial charge < -0.3 is 14.2 Å². The molecule has 1 heterocycles. The Morgan fingerprint density at radius 3 is 2.40 bits per heavy atom. The lowest BCUT2D eigenvalue weighted by atomic mass is 9.94. The third-order valence-electron chi connectivity index (χ3n) is 4.96. The molecule has 0 fully saturated rings. The Kier molecular flexibility index (Phi) is 5.86. The summed E-state index contributed by atoms with van der Waals surface area (Å²) in [4.78, 5) is 18.6. The minimum atomic E-state index is 0.0442. The Morgan fingerprint density at radius 2 is 1.77 bits per heavy atom. The van der Waals surface area contributed by atoms with Gasteiger partial charge in [0.25, 0.3) is 0 Å². The molecule has 3 aromatic rings. The van der Waals surface area contributed by atoms with Gasteiger partial charge >= 0.3 is 0 Å². The van der Waals surface area contributed by atoms with Crippen molar-refractivity contribution in [1.29, 1.82) is 0 Å².